The van der Waals surface area contributed by atoms with E-state index in [0.29, 0.717) is 12.1 Å². The fourth-order valence-electron chi connectivity index (χ4n) is 4.18. The molecule has 1 saturated carbocycles. The summed E-state index contributed by atoms with van der Waals surface area (Å²) >= 11 is 0. The minimum absolute atomic E-state index is 0.0882. The van der Waals surface area contributed by atoms with Crippen LogP contribution in [0.4, 0.5) is 0 Å². The quantitative estimate of drug-likeness (QED) is 0.804. The highest BCUT2D eigenvalue weighted by molar-refractivity contribution is 5.81. The summed E-state index contributed by atoms with van der Waals surface area (Å²) in [6.07, 6.45) is 9.32. The third-order valence-corrected chi connectivity index (χ3v) is 5.39. The molecule has 1 heterocycles. The molecule has 20 heavy (non-hydrogen) atoms. The molecule has 4 nitrogen and oxygen atoms in total. The Bertz CT molecular complexity index is 334. The van der Waals surface area contributed by atoms with Gasteiger partial charge in [0.15, 0.2) is 0 Å². The first-order valence-corrected chi connectivity index (χ1v) is 8.20. The maximum absolute atomic E-state index is 12.2. The van der Waals surface area contributed by atoms with Gasteiger partial charge in [0.1, 0.15) is 5.54 Å². The number of ether oxygens (including phenoxy) is 1. The molecule has 1 aliphatic carbocycles. The Hall–Kier alpha value is -0.610. The van der Waals surface area contributed by atoms with Crippen LogP contribution >= 0.6 is 0 Å². The Morgan fingerprint density at radius 2 is 2.15 bits per heavy atom. The van der Waals surface area contributed by atoms with Crippen molar-refractivity contribution in [2.75, 3.05) is 20.7 Å². The Balaban J connectivity index is 2.10. The van der Waals surface area contributed by atoms with Crippen LogP contribution in [-0.4, -0.2) is 49.2 Å². The predicted molar refractivity (Wildman–Crippen MR) is 80.7 cm³/mol. The van der Waals surface area contributed by atoms with Crippen LogP contribution < -0.4 is 5.32 Å². The first-order valence-electron chi connectivity index (χ1n) is 8.20. The van der Waals surface area contributed by atoms with Crippen molar-refractivity contribution in [1.82, 2.24) is 10.2 Å². The molecule has 4 heteroatoms. The average Bonchev–Trinajstić information content (AvgIpc) is 2.53. The lowest BCUT2D eigenvalue weighted by atomic mass is 9.77. The Kier molecular flexibility index (Phi) is 5.44. The summed E-state index contributed by atoms with van der Waals surface area (Å²) in [5.41, 5.74) is -0.465. The lowest BCUT2D eigenvalue weighted by Crippen LogP contribution is -2.59. The van der Waals surface area contributed by atoms with E-state index in [9.17, 15) is 4.79 Å². The van der Waals surface area contributed by atoms with E-state index in [0.717, 1.165) is 19.3 Å². The summed E-state index contributed by atoms with van der Waals surface area (Å²) in [4.78, 5) is 14.9. The second-order valence-electron chi connectivity index (χ2n) is 6.37. The molecule has 0 spiro atoms. The van der Waals surface area contributed by atoms with E-state index in [1.165, 1.54) is 45.8 Å². The average molecular weight is 282 g/mol. The zero-order valence-electron chi connectivity index (χ0n) is 13.3. The topological polar surface area (TPSA) is 41.6 Å². The maximum Gasteiger partial charge on any atom is 0.326 e. The molecule has 0 amide bonds. The predicted octanol–water partition coefficient (Wildman–Crippen LogP) is 2.32. The smallest absolute Gasteiger partial charge is 0.326 e. The van der Waals surface area contributed by atoms with Gasteiger partial charge in [0.05, 0.1) is 7.11 Å². The van der Waals surface area contributed by atoms with E-state index in [-0.39, 0.29) is 5.97 Å². The lowest BCUT2D eigenvalue weighted by molar-refractivity contribution is -0.151. The van der Waals surface area contributed by atoms with Gasteiger partial charge in [0, 0.05) is 12.1 Å². The van der Waals surface area contributed by atoms with Crippen molar-refractivity contribution in [3.05, 3.63) is 0 Å². The third kappa shape index (κ3) is 3.01. The van der Waals surface area contributed by atoms with E-state index in [4.69, 9.17) is 4.74 Å². The Morgan fingerprint density at radius 3 is 2.80 bits per heavy atom. The molecule has 0 aromatic rings. The van der Waals surface area contributed by atoms with Gasteiger partial charge in [-0.25, -0.2) is 0 Å². The van der Waals surface area contributed by atoms with Gasteiger partial charge in [-0.2, -0.15) is 0 Å². The van der Waals surface area contributed by atoms with Crippen molar-refractivity contribution in [3.8, 4) is 0 Å². The molecule has 3 atom stereocenters. The van der Waals surface area contributed by atoms with Gasteiger partial charge in [-0.05, 0) is 58.5 Å². The van der Waals surface area contributed by atoms with Gasteiger partial charge in [0.2, 0.25) is 0 Å². The summed E-state index contributed by atoms with van der Waals surface area (Å²) in [5, 5.41) is 3.27. The van der Waals surface area contributed by atoms with Gasteiger partial charge in [-0.15, -0.1) is 0 Å². The maximum atomic E-state index is 12.2. The normalized spacial score (nSPS) is 35.8. The van der Waals surface area contributed by atoms with Crippen LogP contribution in [0.3, 0.4) is 0 Å². The monoisotopic (exact) mass is 282 g/mol. The van der Waals surface area contributed by atoms with Gasteiger partial charge in [-0.1, -0.05) is 13.3 Å². The number of carbonyl (C=O) groups is 1. The van der Waals surface area contributed by atoms with E-state index < -0.39 is 5.54 Å². The van der Waals surface area contributed by atoms with Crippen LogP contribution in [0.15, 0.2) is 0 Å². The number of carbonyl (C=O) groups excluding carboxylic acids is 1. The molecule has 0 radical (unpaired) electrons. The number of rotatable bonds is 4. The van der Waals surface area contributed by atoms with Gasteiger partial charge in [-0.3, -0.25) is 9.69 Å². The molecule has 2 rings (SSSR count). The second kappa shape index (κ2) is 6.90. The molecule has 0 aromatic carbocycles. The number of likely N-dealkylation sites (N-methyl/N-ethyl adjacent to an activating group) is 1. The summed E-state index contributed by atoms with van der Waals surface area (Å²) in [6.45, 7) is 3.49. The minimum Gasteiger partial charge on any atom is -0.468 e. The van der Waals surface area contributed by atoms with Crippen molar-refractivity contribution in [1.29, 1.82) is 0 Å². The van der Waals surface area contributed by atoms with Crippen LogP contribution in [0, 0.1) is 0 Å². The second-order valence-corrected chi connectivity index (χ2v) is 6.37. The SMILES string of the molecule is CCC1CCCCN1C1CCCC(NC)(C(=O)OC)C1. The number of nitrogens with zero attached hydrogens (tertiary/aromatic N) is 1. The van der Waals surface area contributed by atoms with E-state index in [1.807, 2.05) is 7.05 Å². The summed E-state index contributed by atoms with van der Waals surface area (Å²) in [7, 11) is 3.40. The summed E-state index contributed by atoms with van der Waals surface area (Å²) < 4.78 is 5.05. The van der Waals surface area contributed by atoms with E-state index in [2.05, 4.69) is 17.1 Å². The van der Waals surface area contributed by atoms with Crippen molar-refractivity contribution >= 4 is 5.97 Å². The molecule has 3 unspecified atom stereocenters. The fourth-order valence-corrected chi connectivity index (χ4v) is 4.18. The largest absolute Gasteiger partial charge is 0.468 e. The first kappa shape index (κ1) is 15.8. The van der Waals surface area contributed by atoms with Crippen LogP contribution in [-0.2, 0) is 9.53 Å². The van der Waals surface area contributed by atoms with Gasteiger partial charge < -0.3 is 10.1 Å². The summed E-state index contributed by atoms with van der Waals surface area (Å²) in [5.74, 6) is -0.0882. The molecular formula is C16H30N2O2. The van der Waals surface area contributed by atoms with Crippen molar-refractivity contribution in [3.63, 3.8) is 0 Å². The summed E-state index contributed by atoms with van der Waals surface area (Å²) in [6, 6.07) is 1.24. The Morgan fingerprint density at radius 1 is 1.35 bits per heavy atom. The number of hydrogen-bond acceptors (Lipinski definition) is 4. The van der Waals surface area contributed by atoms with Crippen LogP contribution in [0.5, 0.6) is 0 Å². The highest BCUT2D eigenvalue weighted by Crippen LogP contribution is 2.35. The standard InChI is InChI=1S/C16H30N2O2/c1-4-13-8-5-6-11-18(13)14-9-7-10-16(12-14,17-2)15(19)20-3/h13-14,17H,4-12H2,1-3H3. The molecule has 1 saturated heterocycles. The highest BCUT2D eigenvalue weighted by Gasteiger charge is 2.45. The number of nitrogens with one attached hydrogen (secondary N) is 1. The van der Waals surface area contributed by atoms with Crippen LogP contribution in [0.25, 0.3) is 0 Å². The molecule has 1 aliphatic heterocycles. The van der Waals surface area contributed by atoms with Gasteiger partial charge >= 0.3 is 5.97 Å². The first-order chi connectivity index (χ1) is 9.66. The van der Waals surface area contributed by atoms with Crippen LogP contribution in [0.1, 0.15) is 58.3 Å². The fraction of sp³-hybridized carbons (Fsp3) is 0.938. The number of likely N-dealkylation sites (tertiary alicyclic amines) is 1. The molecule has 0 bridgehead atoms. The number of esters is 1. The number of piperidine rings is 1. The van der Waals surface area contributed by atoms with Gasteiger partial charge in [0.25, 0.3) is 0 Å². The minimum atomic E-state index is -0.465. The molecular weight excluding hydrogens is 252 g/mol. The third-order valence-electron chi connectivity index (χ3n) is 5.39. The van der Waals surface area contributed by atoms with Crippen molar-refractivity contribution in [2.24, 2.45) is 0 Å². The zero-order chi connectivity index (χ0) is 14.6. The number of hydrogen-bond donors (Lipinski definition) is 1. The van der Waals surface area contributed by atoms with E-state index >= 15 is 0 Å². The molecule has 116 valence electrons. The molecule has 0 aromatic heterocycles. The zero-order valence-corrected chi connectivity index (χ0v) is 13.3. The van der Waals surface area contributed by atoms with E-state index in [1.54, 1.807) is 0 Å². The number of methoxy groups -OCH3 is 1. The molecule has 1 N–H and O–H groups in total. The lowest BCUT2D eigenvalue weighted by Gasteiger charge is -2.47. The molecule has 2 aliphatic rings. The van der Waals surface area contributed by atoms with Crippen LogP contribution in [0.2, 0.25) is 0 Å². The molecule has 2 fully saturated rings. The van der Waals surface area contributed by atoms with Crippen molar-refractivity contribution < 1.29 is 9.53 Å². The highest BCUT2D eigenvalue weighted by atomic mass is 16.5. The Labute approximate surface area is 123 Å². The van der Waals surface area contributed by atoms with Crippen molar-refractivity contribution in [2.45, 2.75) is 75.9 Å².